The summed E-state index contributed by atoms with van der Waals surface area (Å²) < 4.78 is 0. The van der Waals surface area contributed by atoms with Gasteiger partial charge in [0.25, 0.3) is 0 Å². The third kappa shape index (κ3) is 5.98. The van der Waals surface area contributed by atoms with Gasteiger partial charge < -0.3 is 11.1 Å². The van der Waals surface area contributed by atoms with Crippen LogP contribution >= 0.6 is 24.2 Å². The summed E-state index contributed by atoms with van der Waals surface area (Å²) in [6.45, 7) is 6.47. The van der Waals surface area contributed by atoms with Gasteiger partial charge >= 0.3 is 0 Å². The van der Waals surface area contributed by atoms with Gasteiger partial charge in [-0.15, -0.1) is 12.4 Å². The lowest BCUT2D eigenvalue weighted by atomic mass is 9.80. The van der Waals surface area contributed by atoms with Crippen LogP contribution in [0.4, 0.5) is 5.69 Å². The lowest BCUT2D eigenvalue weighted by Crippen LogP contribution is -2.53. The van der Waals surface area contributed by atoms with Crippen LogP contribution in [0.1, 0.15) is 20.3 Å². The summed E-state index contributed by atoms with van der Waals surface area (Å²) in [5, 5.41) is 3.08. The number of hydrogen-bond acceptors (Lipinski definition) is 4. The Morgan fingerprint density at radius 1 is 1.19 bits per heavy atom. The second kappa shape index (κ2) is 9.60. The molecule has 27 heavy (non-hydrogen) atoms. The average Bonchev–Trinajstić information content (AvgIpc) is 2.60. The minimum Gasteiger partial charge on any atom is -0.327 e. The molecule has 1 saturated heterocycles. The maximum absolute atomic E-state index is 12.6. The van der Waals surface area contributed by atoms with Crippen molar-refractivity contribution in [3.63, 3.8) is 0 Å². The van der Waals surface area contributed by atoms with Crippen molar-refractivity contribution in [2.45, 2.75) is 36.1 Å². The second-order valence-corrected chi connectivity index (χ2v) is 8.67. The van der Waals surface area contributed by atoms with Crippen molar-refractivity contribution >= 4 is 35.8 Å². The predicted molar refractivity (Wildman–Crippen MR) is 116 cm³/mol. The van der Waals surface area contributed by atoms with Crippen LogP contribution in [-0.4, -0.2) is 36.5 Å². The van der Waals surface area contributed by atoms with Crippen LogP contribution in [-0.2, 0) is 4.79 Å². The number of amides is 1. The molecule has 1 fully saturated rings. The quantitative estimate of drug-likeness (QED) is 0.780. The number of halogens is 1. The van der Waals surface area contributed by atoms with Crippen molar-refractivity contribution in [3.05, 3.63) is 54.6 Å². The number of carbonyl (C=O) groups excluding carboxylic acids is 1. The Balaban J connectivity index is 0.00000261. The molecule has 6 heteroatoms. The van der Waals surface area contributed by atoms with E-state index in [0.717, 1.165) is 35.0 Å². The third-order valence-electron chi connectivity index (χ3n) is 4.89. The van der Waals surface area contributed by atoms with E-state index in [4.69, 9.17) is 5.73 Å². The van der Waals surface area contributed by atoms with Gasteiger partial charge in [0.15, 0.2) is 0 Å². The van der Waals surface area contributed by atoms with E-state index in [9.17, 15) is 4.79 Å². The van der Waals surface area contributed by atoms with E-state index in [1.54, 1.807) is 11.8 Å². The molecular weight excluding hydrogens is 378 g/mol. The summed E-state index contributed by atoms with van der Waals surface area (Å²) in [6, 6.07) is 18.3. The average molecular weight is 406 g/mol. The number of nitrogens with two attached hydrogens (primary N) is 1. The smallest absolute Gasteiger partial charge is 0.238 e. The number of piperidine rings is 1. The number of nitrogens with zero attached hydrogens (tertiary/aromatic N) is 1. The van der Waals surface area contributed by atoms with Crippen LogP contribution in [0.2, 0.25) is 0 Å². The van der Waals surface area contributed by atoms with E-state index in [1.165, 1.54) is 0 Å². The van der Waals surface area contributed by atoms with Crippen LogP contribution in [0.5, 0.6) is 0 Å². The third-order valence-corrected chi connectivity index (χ3v) is 5.97. The molecule has 1 heterocycles. The van der Waals surface area contributed by atoms with Gasteiger partial charge in [0.2, 0.25) is 5.91 Å². The molecule has 146 valence electrons. The number of rotatable bonds is 5. The molecule has 0 spiro atoms. The van der Waals surface area contributed by atoms with Gasteiger partial charge in [0, 0.05) is 28.9 Å². The van der Waals surface area contributed by atoms with Crippen molar-refractivity contribution in [3.8, 4) is 0 Å². The fourth-order valence-electron chi connectivity index (χ4n) is 3.29. The molecule has 3 N–H and O–H groups in total. The van der Waals surface area contributed by atoms with E-state index in [0.29, 0.717) is 6.54 Å². The van der Waals surface area contributed by atoms with Gasteiger partial charge in [-0.05, 0) is 36.1 Å². The summed E-state index contributed by atoms with van der Waals surface area (Å²) in [7, 11) is 0. The Kier molecular flexibility index (Phi) is 7.74. The van der Waals surface area contributed by atoms with Gasteiger partial charge in [-0.1, -0.05) is 55.9 Å². The topological polar surface area (TPSA) is 58.4 Å². The number of likely N-dealkylation sites (tertiary alicyclic amines) is 1. The van der Waals surface area contributed by atoms with Crippen LogP contribution in [0, 0.1) is 5.41 Å². The lowest BCUT2D eigenvalue weighted by Gasteiger charge is -2.42. The van der Waals surface area contributed by atoms with Crippen LogP contribution in [0.3, 0.4) is 0 Å². The van der Waals surface area contributed by atoms with E-state index < -0.39 is 0 Å². The second-order valence-electron chi connectivity index (χ2n) is 7.55. The van der Waals surface area contributed by atoms with Crippen LogP contribution < -0.4 is 11.1 Å². The largest absolute Gasteiger partial charge is 0.327 e. The number of anilines is 1. The minimum absolute atomic E-state index is 0. The van der Waals surface area contributed by atoms with Gasteiger partial charge in [0.05, 0.1) is 12.2 Å². The maximum atomic E-state index is 12.6. The Morgan fingerprint density at radius 3 is 2.56 bits per heavy atom. The highest BCUT2D eigenvalue weighted by Gasteiger charge is 2.33. The predicted octanol–water partition coefficient (Wildman–Crippen LogP) is 4.26. The number of para-hydroxylation sites is 1. The van der Waals surface area contributed by atoms with E-state index >= 15 is 0 Å². The summed E-state index contributed by atoms with van der Waals surface area (Å²) in [4.78, 5) is 17.0. The number of carbonyl (C=O) groups is 1. The Bertz CT molecular complexity index is 754. The molecule has 0 aromatic heterocycles. The molecule has 2 aromatic carbocycles. The summed E-state index contributed by atoms with van der Waals surface area (Å²) in [6.07, 6.45) is 0.931. The first-order valence-corrected chi connectivity index (χ1v) is 9.85. The first kappa shape index (κ1) is 21.8. The SMILES string of the molecule is CC1(C)CN(CC(=O)Nc2ccccc2Sc2ccccc2)CCC1N.Cl. The van der Waals surface area contributed by atoms with Gasteiger partial charge in [0.1, 0.15) is 0 Å². The van der Waals surface area contributed by atoms with Crippen molar-refractivity contribution in [2.24, 2.45) is 11.1 Å². The first-order chi connectivity index (χ1) is 12.4. The van der Waals surface area contributed by atoms with Crippen molar-refractivity contribution in [1.82, 2.24) is 4.90 Å². The van der Waals surface area contributed by atoms with E-state index in [-0.39, 0.29) is 29.8 Å². The molecule has 1 unspecified atom stereocenters. The van der Waals surface area contributed by atoms with Crippen LogP contribution in [0.25, 0.3) is 0 Å². The Hall–Kier alpha value is -1.53. The van der Waals surface area contributed by atoms with Gasteiger partial charge in [-0.25, -0.2) is 0 Å². The molecular formula is C21H28ClN3OS. The summed E-state index contributed by atoms with van der Waals surface area (Å²) in [5.41, 5.74) is 7.09. The normalized spacial score (nSPS) is 19.1. The molecule has 1 aliphatic heterocycles. The first-order valence-electron chi connectivity index (χ1n) is 9.04. The molecule has 2 aromatic rings. The van der Waals surface area contributed by atoms with E-state index in [2.05, 4.69) is 36.2 Å². The fraction of sp³-hybridized carbons (Fsp3) is 0.381. The van der Waals surface area contributed by atoms with Crippen molar-refractivity contribution in [2.75, 3.05) is 25.0 Å². The zero-order valence-corrected chi connectivity index (χ0v) is 17.5. The lowest BCUT2D eigenvalue weighted by molar-refractivity contribution is -0.118. The minimum atomic E-state index is 0. The van der Waals surface area contributed by atoms with Gasteiger partial charge in [-0.3, -0.25) is 9.69 Å². The Labute approximate surface area is 172 Å². The monoisotopic (exact) mass is 405 g/mol. The number of benzene rings is 2. The molecule has 0 saturated carbocycles. The molecule has 4 nitrogen and oxygen atoms in total. The molecule has 0 aliphatic carbocycles. The van der Waals surface area contributed by atoms with E-state index in [1.807, 2.05) is 42.5 Å². The zero-order chi connectivity index (χ0) is 18.6. The number of hydrogen-bond donors (Lipinski definition) is 2. The molecule has 0 bridgehead atoms. The van der Waals surface area contributed by atoms with Crippen molar-refractivity contribution in [1.29, 1.82) is 0 Å². The Morgan fingerprint density at radius 2 is 1.85 bits per heavy atom. The number of nitrogens with one attached hydrogen (secondary N) is 1. The molecule has 1 amide bonds. The highest BCUT2D eigenvalue weighted by atomic mass is 35.5. The molecule has 3 rings (SSSR count). The van der Waals surface area contributed by atoms with Crippen LogP contribution in [0.15, 0.2) is 64.4 Å². The maximum Gasteiger partial charge on any atom is 0.238 e. The summed E-state index contributed by atoms with van der Waals surface area (Å²) in [5.74, 6) is 0.0254. The molecule has 1 aliphatic rings. The highest BCUT2D eigenvalue weighted by Crippen LogP contribution is 2.33. The fourth-order valence-corrected chi connectivity index (χ4v) is 4.21. The molecule has 1 atom stereocenters. The van der Waals surface area contributed by atoms with Gasteiger partial charge in [-0.2, -0.15) is 0 Å². The van der Waals surface area contributed by atoms with Crippen molar-refractivity contribution < 1.29 is 4.79 Å². The highest BCUT2D eigenvalue weighted by molar-refractivity contribution is 7.99. The molecule has 0 radical (unpaired) electrons. The zero-order valence-electron chi connectivity index (χ0n) is 15.9. The summed E-state index contributed by atoms with van der Waals surface area (Å²) >= 11 is 1.66. The standard InChI is InChI=1S/C21H27N3OS.ClH/c1-21(2)15-24(13-12-19(21)22)14-20(25)23-17-10-6-7-11-18(17)26-16-8-4-3-5-9-16;/h3-11,19H,12-15,22H2,1-2H3,(H,23,25);1H.